The van der Waals surface area contributed by atoms with Gasteiger partial charge in [0.15, 0.2) is 0 Å². The number of para-hydroxylation sites is 1. The monoisotopic (exact) mass is 250 g/mol. The summed E-state index contributed by atoms with van der Waals surface area (Å²) >= 11 is 0. The second-order valence-corrected chi connectivity index (χ2v) is 4.23. The smallest absolute Gasteiger partial charge is 0.337 e. The van der Waals surface area contributed by atoms with Crippen LogP contribution in [0.5, 0.6) is 0 Å². The summed E-state index contributed by atoms with van der Waals surface area (Å²) < 4.78 is 5.28. The van der Waals surface area contributed by atoms with Crippen molar-refractivity contribution in [2.24, 2.45) is 0 Å². The summed E-state index contributed by atoms with van der Waals surface area (Å²) in [5, 5.41) is 12.2. The number of nitrogens with zero attached hydrogens (tertiary/aromatic N) is 1. The number of rotatable bonds is 5. The summed E-state index contributed by atoms with van der Waals surface area (Å²) in [5.74, 6) is -0.899. The number of carboxylic acid groups (broad SMARTS) is 1. The lowest BCUT2D eigenvalue weighted by atomic mass is 10.2. The number of aromatic carboxylic acids is 1. The first-order chi connectivity index (χ1) is 8.77. The lowest BCUT2D eigenvalue weighted by molar-refractivity contribution is 0.0398. The average Bonchev–Trinajstić information content (AvgIpc) is 2.40. The van der Waals surface area contributed by atoms with E-state index in [1.54, 1.807) is 18.2 Å². The number of hydrogen-bond acceptors (Lipinski definition) is 4. The van der Waals surface area contributed by atoms with Gasteiger partial charge in [0.1, 0.15) is 0 Å². The van der Waals surface area contributed by atoms with Crippen LogP contribution in [0.1, 0.15) is 10.4 Å². The van der Waals surface area contributed by atoms with Gasteiger partial charge in [-0.25, -0.2) is 4.79 Å². The molecule has 1 aliphatic rings. The predicted octanol–water partition coefficient (Wildman–Crippen LogP) is 1.13. The highest BCUT2D eigenvalue weighted by atomic mass is 16.5. The normalized spacial score (nSPS) is 16.4. The van der Waals surface area contributed by atoms with Gasteiger partial charge in [0.25, 0.3) is 0 Å². The van der Waals surface area contributed by atoms with E-state index in [0.29, 0.717) is 11.3 Å². The summed E-state index contributed by atoms with van der Waals surface area (Å²) in [7, 11) is 0. The molecule has 2 rings (SSSR count). The van der Waals surface area contributed by atoms with E-state index in [4.69, 9.17) is 9.84 Å². The van der Waals surface area contributed by atoms with Crippen molar-refractivity contribution < 1.29 is 14.6 Å². The molecule has 0 spiro atoms. The summed E-state index contributed by atoms with van der Waals surface area (Å²) in [4.78, 5) is 13.3. The molecule has 18 heavy (non-hydrogen) atoms. The van der Waals surface area contributed by atoms with E-state index in [9.17, 15) is 4.79 Å². The molecular weight excluding hydrogens is 232 g/mol. The summed E-state index contributed by atoms with van der Waals surface area (Å²) in [6.45, 7) is 5.10. The number of carboxylic acids is 1. The van der Waals surface area contributed by atoms with Gasteiger partial charge in [0.05, 0.1) is 18.8 Å². The van der Waals surface area contributed by atoms with Crippen molar-refractivity contribution in [2.45, 2.75) is 0 Å². The molecule has 2 N–H and O–H groups in total. The lowest BCUT2D eigenvalue weighted by Gasteiger charge is -2.26. The van der Waals surface area contributed by atoms with Crippen molar-refractivity contribution in [1.29, 1.82) is 0 Å². The maximum atomic E-state index is 11.0. The van der Waals surface area contributed by atoms with Gasteiger partial charge in [-0.3, -0.25) is 4.90 Å². The second kappa shape index (κ2) is 6.37. The van der Waals surface area contributed by atoms with E-state index in [0.717, 1.165) is 39.4 Å². The van der Waals surface area contributed by atoms with Gasteiger partial charge in [-0.15, -0.1) is 0 Å². The number of carbonyl (C=O) groups is 1. The first kappa shape index (κ1) is 12.9. The molecule has 0 saturated carbocycles. The quantitative estimate of drug-likeness (QED) is 0.820. The van der Waals surface area contributed by atoms with Crippen molar-refractivity contribution in [3.05, 3.63) is 29.8 Å². The van der Waals surface area contributed by atoms with E-state index in [1.807, 2.05) is 6.07 Å². The lowest BCUT2D eigenvalue weighted by Crippen LogP contribution is -2.39. The molecule has 0 bridgehead atoms. The molecule has 0 amide bonds. The van der Waals surface area contributed by atoms with Gasteiger partial charge in [0.2, 0.25) is 0 Å². The Morgan fingerprint density at radius 2 is 2.06 bits per heavy atom. The molecule has 1 aromatic rings. The van der Waals surface area contributed by atoms with Crippen molar-refractivity contribution in [2.75, 3.05) is 44.7 Å². The van der Waals surface area contributed by atoms with E-state index >= 15 is 0 Å². The van der Waals surface area contributed by atoms with Gasteiger partial charge >= 0.3 is 5.97 Å². The molecule has 1 fully saturated rings. The minimum Gasteiger partial charge on any atom is -0.478 e. The number of ether oxygens (including phenoxy) is 1. The molecule has 1 saturated heterocycles. The third kappa shape index (κ3) is 3.45. The molecule has 1 aliphatic heterocycles. The molecule has 0 aliphatic carbocycles. The zero-order valence-electron chi connectivity index (χ0n) is 10.3. The summed E-state index contributed by atoms with van der Waals surface area (Å²) in [6.07, 6.45) is 0. The van der Waals surface area contributed by atoms with Gasteiger partial charge in [-0.05, 0) is 12.1 Å². The maximum absolute atomic E-state index is 11.0. The Bertz CT molecular complexity index is 403. The SMILES string of the molecule is O=C(O)c1ccccc1NCCN1CCOCC1. The number of benzene rings is 1. The zero-order valence-corrected chi connectivity index (χ0v) is 10.3. The van der Waals surface area contributed by atoms with Crippen LogP contribution in [0.3, 0.4) is 0 Å². The minimum absolute atomic E-state index is 0.319. The van der Waals surface area contributed by atoms with Gasteiger partial charge in [-0.2, -0.15) is 0 Å². The highest BCUT2D eigenvalue weighted by molar-refractivity contribution is 5.94. The highest BCUT2D eigenvalue weighted by Crippen LogP contribution is 2.14. The van der Waals surface area contributed by atoms with Gasteiger partial charge in [-0.1, -0.05) is 12.1 Å². The van der Waals surface area contributed by atoms with Crippen LogP contribution in [0.2, 0.25) is 0 Å². The van der Waals surface area contributed by atoms with Crippen molar-refractivity contribution >= 4 is 11.7 Å². The molecule has 1 aromatic carbocycles. The first-order valence-electron chi connectivity index (χ1n) is 6.13. The number of hydrogen-bond donors (Lipinski definition) is 2. The number of anilines is 1. The molecule has 1 heterocycles. The fourth-order valence-corrected chi connectivity index (χ4v) is 2.00. The Hall–Kier alpha value is -1.59. The third-order valence-electron chi connectivity index (χ3n) is 3.00. The van der Waals surface area contributed by atoms with Crippen LogP contribution in [0, 0.1) is 0 Å². The van der Waals surface area contributed by atoms with Crippen LogP contribution >= 0.6 is 0 Å². The minimum atomic E-state index is -0.899. The Balaban J connectivity index is 1.84. The average molecular weight is 250 g/mol. The fourth-order valence-electron chi connectivity index (χ4n) is 2.00. The van der Waals surface area contributed by atoms with Crippen LogP contribution in [0.25, 0.3) is 0 Å². The molecule has 0 atom stereocenters. The van der Waals surface area contributed by atoms with Crippen LogP contribution in [0.4, 0.5) is 5.69 Å². The first-order valence-corrected chi connectivity index (χ1v) is 6.13. The van der Waals surface area contributed by atoms with Crippen LogP contribution in [-0.2, 0) is 4.74 Å². The van der Waals surface area contributed by atoms with Crippen molar-refractivity contribution in [3.8, 4) is 0 Å². The Labute approximate surface area is 106 Å². The highest BCUT2D eigenvalue weighted by Gasteiger charge is 2.11. The fraction of sp³-hybridized carbons (Fsp3) is 0.462. The Morgan fingerprint density at radius 1 is 1.33 bits per heavy atom. The summed E-state index contributed by atoms with van der Waals surface area (Å²) in [5.41, 5.74) is 0.998. The number of morpholine rings is 1. The zero-order chi connectivity index (χ0) is 12.8. The molecule has 0 radical (unpaired) electrons. The standard InChI is InChI=1S/C13H18N2O3/c16-13(17)11-3-1-2-4-12(11)14-5-6-15-7-9-18-10-8-15/h1-4,14H,5-10H2,(H,16,17). The molecule has 5 nitrogen and oxygen atoms in total. The molecule has 0 unspecified atom stereocenters. The molecule has 98 valence electrons. The van der Waals surface area contributed by atoms with Crippen LogP contribution in [-0.4, -0.2) is 55.4 Å². The van der Waals surface area contributed by atoms with E-state index in [1.165, 1.54) is 0 Å². The largest absolute Gasteiger partial charge is 0.478 e. The Morgan fingerprint density at radius 3 is 2.78 bits per heavy atom. The van der Waals surface area contributed by atoms with E-state index in [-0.39, 0.29) is 0 Å². The molecular formula is C13H18N2O3. The van der Waals surface area contributed by atoms with E-state index < -0.39 is 5.97 Å². The van der Waals surface area contributed by atoms with Crippen molar-refractivity contribution in [3.63, 3.8) is 0 Å². The second-order valence-electron chi connectivity index (χ2n) is 4.23. The molecule has 5 heteroatoms. The van der Waals surface area contributed by atoms with Crippen LogP contribution in [0.15, 0.2) is 24.3 Å². The Kier molecular flexibility index (Phi) is 4.55. The third-order valence-corrected chi connectivity index (χ3v) is 3.00. The molecule has 0 aromatic heterocycles. The maximum Gasteiger partial charge on any atom is 0.337 e. The van der Waals surface area contributed by atoms with Crippen LogP contribution < -0.4 is 5.32 Å². The van der Waals surface area contributed by atoms with Gasteiger partial charge < -0.3 is 15.2 Å². The van der Waals surface area contributed by atoms with Gasteiger partial charge in [0, 0.05) is 31.9 Å². The number of nitrogens with one attached hydrogen (secondary N) is 1. The van der Waals surface area contributed by atoms with E-state index in [2.05, 4.69) is 10.2 Å². The predicted molar refractivity (Wildman–Crippen MR) is 69.2 cm³/mol. The van der Waals surface area contributed by atoms with Crippen molar-refractivity contribution in [1.82, 2.24) is 4.90 Å². The topological polar surface area (TPSA) is 61.8 Å². The summed E-state index contributed by atoms with van der Waals surface area (Å²) in [6, 6.07) is 6.97.